The highest BCUT2D eigenvalue weighted by molar-refractivity contribution is 7.92. The van der Waals surface area contributed by atoms with Gasteiger partial charge < -0.3 is 10.1 Å². The van der Waals surface area contributed by atoms with Gasteiger partial charge in [0.2, 0.25) is 10.0 Å². The van der Waals surface area contributed by atoms with Crippen LogP contribution in [0.15, 0.2) is 48.5 Å². The van der Waals surface area contributed by atoms with E-state index >= 15 is 0 Å². The lowest BCUT2D eigenvalue weighted by molar-refractivity contribution is -0.123. The number of sulfonamides is 1. The summed E-state index contributed by atoms with van der Waals surface area (Å²) in [7, 11) is -3.52. The first-order valence-electron chi connectivity index (χ1n) is 9.44. The second kappa shape index (κ2) is 10.5. The first-order valence-corrected chi connectivity index (χ1v) is 11.7. The van der Waals surface area contributed by atoms with Crippen molar-refractivity contribution in [3.63, 3.8) is 0 Å². The Labute approximate surface area is 177 Å². The Bertz CT molecular complexity index is 917. The van der Waals surface area contributed by atoms with Crippen LogP contribution >= 0.6 is 11.6 Å². The van der Waals surface area contributed by atoms with Crippen LogP contribution in [-0.2, 0) is 21.4 Å². The van der Waals surface area contributed by atoms with Crippen molar-refractivity contribution in [2.75, 3.05) is 17.2 Å². The molecule has 0 bridgehead atoms. The molecule has 0 aliphatic rings. The van der Waals surface area contributed by atoms with Crippen LogP contribution in [-0.4, -0.2) is 33.2 Å². The first-order chi connectivity index (χ1) is 13.7. The third-order valence-electron chi connectivity index (χ3n) is 4.30. The van der Waals surface area contributed by atoms with Crippen LogP contribution < -0.4 is 14.4 Å². The zero-order valence-corrected chi connectivity index (χ0v) is 18.5. The monoisotopic (exact) mass is 438 g/mol. The Morgan fingerprint density at radius 1 is 1.17 bits per heavy atom. The van der Waals surface area contributed by atoms with Crippen molar-refractivity contribution < 1.29 is 17.9 Å². The summed E-state index contributed by atoms with van der Waals surface area (Å²) >= 11 is 6.18. The molecule has 2 aromatic carbocycles. The fourth-order valence-electron chi connectivity index (χ4n) is 2.86. The number of hydrogen-bond acceptors (Lipinski definition) is 4. The predicted molar refractivity (Wildman–Crippen MR) is 117 cm³/mol. The van der Waals surface area contributed by atoms with Gasteiger partial charge in [-0.15, -0.1) is 0 Å². The molecule has 0 radical (unpaired) electrons. The van der Waals surface area contributed by atoms with Crippen LogP contribution in [0.4, 0.5) is 5.69 Å². The summed E-state index contributed by atoms with van der Waals surface area (Å²) in [5, 5.41) is 3.37. The highest BCUT2D eigenvalue weighted by atomic mass is 35.5. The smallest absolute Gasteiger partial charge is 0.258 e. The number of carbonyl (C=O) groups is 1. The van der Waals surface area contributed by atoms with Gasteiger partial charge in [0, 0.05) is 11.1 Å². The average Bonchev–Trinajstić information content (AvgIpc) is 2.65. The maximum absolute atomic E-state index is 12.3. The Hall–Kier alpha value is -2.25. The van der Waals surface area contributed by atoms with E-state index in [4.69, 9.17) is 16.3 Å². The number of hydrogen-bond donors (Lipinski definition) is 1. The Morgan fingerprint density at radius 3 is 2.41 bits per heavy atom. The van der Waals surface area contributed by atoms with Crippen LogP contribution in [0.1, 0.15) is 32.3 Å². The van der Waals surface area contributed by atoms with Crippen molar-refractivity contribution in [3.8, 4) is 5.75 Å². The third-order valence-corrected chi connectivity index (χ3v) is 5.81. The lowest BCUT2D eigenvalue weighted by atomic mass is 10.2. The van der Waals surface area contributed by atoms with Gasteiger partial charge in [0.1, 0.15) is 5.75 Å². The van der Waals surface area contributed by atoms with Crippen LogP contribution in [0.25, 0.3) is 0 Å². The number of nitrogens with zero attached hydrogens (tertiary/aromatic N) is 1. The summed E-state index contributed by atoms with van der Waals surface area (Å²) in [6.45, 7) is 4.04. The number of ether oxygens (including phenoxy) is 1. The minimum Gasteiger partial charge on any atom is -0.484 e. The minimum atomic E-state index is -3.52. The highest BCUT2D eigenvalue weighted by Crippen LogP contribution is 2.26. The van der Waals surface area contributed by atoms with E-state index in [1.807, 2.05) is 13.0 Å². The molecule has 0 aromatic heterocycles. The van der Waals surface area contributed by atoms with E-state index in [0.717, 1.165) is 19.1 Å². The molecule has 0 saturated heterocycles. The number of halogens is 1. The molecule has 2 aromatic rings. The first kappa shape index (κ1) is 23.0. The largest absolute Gasteiger partial charge is 0.484 e. The molecule has 1 N–H and O–H groups in total. The van der Waals surface area contributed by atoms with Gasteiger partial charge in [-0.25, -0.2) is 8.42 Å². The van der Waals surface area contributed by atoms with E-state index in [9.17, 15) is 13.2 Å². The Kier molecular flexibility index (Phi) is 8.34. The van der Waals surface area contributed by atoms with Gasteiger partial charge in [-0.3, -0.25) is 9.10 Å². The summed E-state index contributed by atoms with van der Waals surface area (Å²) in [4.78, 5) is 11.9. The number of anilines is 1. The van der Waals surface area contributed by atoms with Gasteiger partial charge in [0.25, 0.3) is 5.91 Å². The van der Waals surface area contributed by atoms with E-state index in [2.05, 4.69) is 12.2 Å². The summed E-state index contributed by atoms with van der Waals surface area (Å²) in [6.07, 6.45) is 3.05. The lowest BCUT2D eigenvalue weighted by Crippen LogP contribution is -2.35. The highest BCUT2D eigenvalue weighted by Gasteiger charge is 2.19. The molecule has 1 atom stereocenters. The van der Waals surface area contributed by atoms with Gasteiger partial charge in [-0.1, -0.05) is 43.1 Å². The Morgan fingerprint density at radius 2 is 1.83 bits per heavy atom. The second-order valence-electron chi connectivity index (χ2n) is 6.90. The van der Waals surface area contributed by atoms with E-state index in [0.29, 0.717) is 22.0 Å². The second-order valence-corrected chi connectivity index (χ2v) is 9.21. The van der Waals surface area contributed by atoms with Crippen molar-refractivity contribution >= 4 is 33.2 Å². The molecule has 0 aliphatic heterocycles. The van der Waals surface area contributed by atoms with Crippen molar-refractivity contribution in [1.29, 1.82) is 0 Å². The number of amides is 1. The van der Waals surface area contributed by atoms with Gasteiger partial charge in [-0.05, 0) is 49.2 Å². The zero-order valence-electron chi connectivity index (χ0n) is 16.9. The summed E-state index contributed by atoms with van der Waals surface area (Å²) < 4.78 is 31.4. The quantitative estimate of drug-likeness (QED) is 0.608. The molecule has 0 spiro atoms. The number of carbonyl (C=O) groups excluding carboxylic acids is 1. The van der Waals surface area contributed by atoms with E-state index in [1.165, 1.54) is 4.31 Å². The topological polar surface area (TPSA) is 75.7 Å². The minimum absolute atomic E-state index is 0.0944. The van der Waals surface area contributed by atoms with Gasteiger partial charge >= 0.3 is 0 Å². The molecular weight excluding hydrogens is 412 g/mol. The zero-order chi connectivity index (χ0) is 21.4. The van der Waals surface area contributed by atoms with Crippen LogP contribution in [0, 0.1) is 0 Å². The number of benzene rings is 2. The van der Waals surface area contributed by atoms with Gasteiger partial charge in [0.05, 0.1) is 18.5 Å². The molecule has 29 heavy (non-hydrogen) atoms. The Balaban J connectivity index is 2.06. The van der Waals surface area contributed by atoms with E-state index in [1.54, 1.807) is 42.5 Å². The lowest BCUT2D eigenvalue weighted by Gasteiger charge is -2.23. The van der Waals surface area contributed by atoms with Crippen molar-refractivity contribution in [2.45, 2.75) is 39.3 Å². The fourth-order valence-corrected chi connectivity index (χ4v) is 3.93. The predicted octanol–water partition coefficient (Wildman–Crippen LogP) is 3.99. The van der Waals surface area contributed by atoms with Crippen molar-refractivity contribution in [3.05, 3.63) is 59.1 Å². The number of rotatable bonds is 10. The van der Waals surface area contributed by atoms with Crippen LogP contribution in [0.2, 0.25) is 5.02 Å². The molecule has 0 aliphatic carbocycles. The normalized spacial score (nSPS) is 12.3. The molecular formula is C21H27ClN2O4S. The molecule has 0 fully saturated rings. The average molecular weight is 439 g/mol. The molecule has 158 valence electrons. The summed E-state index contributed by atoms with van der Waals surface area (Å²) in [6, 6.07) is 13.8. The standard InChI is InChI=1S/C21H27ClN2O4S/c1-4-7-16(2)23-21(25)15-28-19-12-10-18(11-13-19)24(29(3,26)27)14-17-8-5-6-9-20(17)22/h5-6,8-13,16H,4,7,14-15H2,1-3H3,(H,23,25)/t16-/m0/s1. The molecule has 2 rings (SSSR count). The van der Waals surface area contributed by atoms with Gasteiger partial charge in [-0.2, -0.15) is 0 Å². The molecule has 0 heterocycles. The van der Waals surface area contributed by atoms with Crippen molar-refractivity contribution in [2.24, 2.45) is 0 Å². The van der Waals surface area contributed by atoms with Crippen LogP contribution in [0.5, 0.6) is 5.75 Å². The molecule has 0 saturated carbocycles. The molecule has 8 heteroatoms. The molecule has 6 nitrogen and oxygen atoms in total. The molecule has 0 unspecified atom stereocenters. The molecule has 1 amide bonds. The van der Waals surface area contributed by atoms with Gasteiger partial charge in [0.15, 0.2) is 6.61 Å². The maximum Gasteiger partial charge on any atom is 0.258 e. The maximum atomic E-state index is 12.3. The van der Waals surface area contributed by atoms with E-state index < -0.39 is 10.0 Å². The summed E-state index contributed by atoms with van der Waals surface area (Å²) in [5.74, 6) is 0.296. The van der Waals surface area contributed by atoms with E-state index in [-0.39, 0.29) is 25.1 Å². The SMILES string of the molecule is CCC[C@H](C)NC(=O)COc1ccc(N(Cc2ccccc2Cl)S(C)(=O)=O)cc1. The summed E-state index contributed by atoms with van der Waals surface area (Å²) in [5.41, 5.74) is 1.19. The van der Waals surface area contributed by atoms with Crippen molar-refractivity contribution in [1.82, 2.24) is 5.32 Å². The fraction of sp³-hybridized carbons (Fsp3) is 0.381. The van der Waals surface area contributed by atoms with Crippen LogP contribution in [0.3, 0.4) is 0 Å². The number of nitrogens with one attached hydrogen (secondary N) is 1. The third kappa shape index (κ3) is 7.25.